The van der Waals surface area contributed by atoms with Crippen LogP contribution in [0.1, 0.15) is 29.7 Å². The Labute approximate surface area is 177 Å². The van der Waals surface area contributed by atoms with Gasteiger partial charge in [-0.25, -0.2) is 0 Å². The zero-order valence-corrected chi connectivity index (χ0v) is 16.5. The molecule has 1 aromatic heterocycles. The van der Waals surface area contributed by atoms with Crippen molar-refractivity contribution >= 4 is 5.78 Å². The van der Waals surface area contributed by atoms with Gasteiger partial charge in [0.2, 0.25) is 0 Å². The molecule has 1 aliphatic heterocycles. The first kappa shape index (κ1) is 19.6. The highest BCUT2D eigenvalue weighted by Crippen LogP contribution is 2.52. The summed E-state index contributed by atoms with van der Waals surface area (Å²) in [6.45, 7) is -0.0260. The molecular formula is C24H19F2NO4. The summed E-state index contributed by atoms with van der Waals surface area (Å²) < 4.78 is 35.6. The predicted octanol–water partition coefficient (Wildman–Crippen LogP) is 4.41. The summed E-state index contributed by atoms with van der Waals surface area (Å²) in [7, 11) is 0. The Morgan fingerprint density at radius 3 is 2.45 bits per heavy atom. The number of Topliss-reactive ketones (excluding diaryl/α,β-unsaturated/α-hetero) is 1. The highest BCUT2D eigenvalue weighted by atomic mass is 19.3. The Morgan fingerprint density at radius 2 is 1.74 bits per heavy atom. The van der Waals surface area contributed by atoms with Crippen LogP contribution in [0.3, 0.4) is 0 Å². The van der Waals surface area contributed by atoms with E-state index in [0.717, 1.165) is 16.8 Å². The lowest BCUT2D eigenvalue weighted by molar-refractivity contribution is -0.286. The van der Waals surface area contributed by atoms with Gasteiger partial charge in [-0.3, -0.25) is 9.78 Å². The van der Waals surface area contributed by atoms with Crippen LogP contribution in [0, 0.1) is 0 Å². The van der Waals surface area contributed by atoms with Crippen molar-refractivity contribution in [2.24, 2.45) is 0 Å². The van der Waals surface area contributed by atoms with E-state index < -0.39 is 11.7 Å². The van der Waals surface area contributed by atoms with E-state index in [4.69, 9.17) is 0 Å². The van der Waals surface area contributed by atoms with Crippen molar-refractivity contribution in [3.05, 3.63) is 77.5 Å². The number of aliphatic hydroxyl groups is 1. The molecule has 0 atom stereocenters. The van der Waals surface area contributed by atoms with Gasteiger partial charge in [0, 0.05) is 17.7 Å². The monoisotopic (exact) mass is 423 g/mol. The normalized spacial score (nSPS) is 17.4. The lowest BCUT2D eigenvalue weighted by Crippen LogP contribution is -2.26. The maximum Gasteiger partial charge on any atom is 0.586 e. The second-order valence-corrected chi connectivity index (χ2v) is 7.88. The fraction of sp³-hybridized carbons (Fsp3) is 0.250. The molecule has 31 heavy (non-hydrogen) atoms. The van der Waals surface area contributed by atoms with E-state index >= 15 is 0 Å². The molecule has 1 saturated carbocycles. The Hall–Kier alpha value is -3.32. The van der Waals surface area contributed by atoms with Crippen molar-refractivity contribution in [2.45, 2.75) is 37.6 Å². The number of halogens is 2. The molecule has 0 unspecified atom stereocenters. The van der Waals surface area contributed by atoms with Gasteiger partial charge in [-0.1, -0.05) is 36.4 Å². The first-order valence-corrected chi connectivity index (χ1v) is 9.98. The molecule has 5 nitrogen and oxygen atoms in total. The largest absolute Gasteiger partial charge is 0.586 e. The molecule has 0 radical (unpaired) electrons. The molecule has 5 rings (SSSR count). The van der Waals surface area contributed by atoms with E-state index in [1.807, 2.05) is 36.4 Å². The maximum absolute atomic E-state index is 13.3. The molecule has 2 heterocycles. The lowest BCUT2D eigenvalue weighted by Gasteiger charge is -2.15. The number of carbonyl (C=O) groups excluding carboxylic acids is 1. The second-order valence-electron chi connectivity index (χ2n) is 7.88. The summed E-state index contributed by atoms with van der Waals surface area (Å²) in [6.07, 6.45) is -2.22. The fourth-order valence-corrected chi connectivity index (χ4v) is 3.95. The van der Waals surface area contributed by atoms with E-state index in [0.29, 0.717) is 24.1 Å². The number of aromatic nitrogens is 1. The summed E-state index contributed by atoms with van der Waals surface area (Å²) in [6, 6.07) is 17.5. The number of carbonyl (C=O) groups is 1. The minimum absolute atomic E-state index is 0.00148. The quantitative estimate of drug-likeness (QED) is 0.636. The van der Waals surface area contributed by atoms with Crippen LogP contribution < -0.4 is 9.47 Å². The Morgan fingerprint density at radius 1 is 1.00 bits per heavy atom. The molecule has 2 aliphatic rings. The van der Waals surface area contributed by atoms with Gasteiger partial charge in [-0.05, 0) is 48.2 Å². The third-order valence-corrected chi connectivity index (χ3v) is 5.82. The van der Waals surface area contributed by atoms with Crippen LogP contribution in [0.4, 0.5) is 8.78 Å². The molecule has 2 aromatic carbocycles. The van der Waals surface area contributed by atoms with Gasteiger partial charge >= 0.3 is 6.29 Å². The van der Waals surface area contributed by atoms with E-state index in [-0.39, 0.29) is 30.3 Å². The zero-order valence-electron chi connectivity index (χ0n) is 16.5. The van der Waals surface area contributed by atoms with Crippen molar-refractivity contribution in [1.29, 1.82) is 0 Å². The Kier molecular flexibility index (Phi) is 4.51. The zero-order chi connectivity index (χ0) is 21.6. The molecule has 1 N–H and O–H groups in total. The van der Waals surface area contributed by atoms with Gasteiger partial charge in [-0.15, -0.1) is 8.78 Å². The molecule has 0 bridgehead atoms. The predicted molar refractivity (Wildman–Crippen MR) is 108 cm³/mol. The summed E-state index contributed by atoms with van der Waals surface area (Å²) >= 11 is 0. The minimum atomic E-state index is -3.68. The van der Waals surface area contributed by atoms with E-state index in [2.05, 4.69) is 14.5 Å². The van der Waals surface area contributed by atoms with Crippen molar-refractivity contribution in [1.82, 2.24) is 4.98 Å². The third kappa shape index (κ3) is 3.65. The van der Waals surface area contributed by atoms with Crippen molar-refractivity contribution < 1.29 is 28.2 Å². The van der Waals surface area contributed by atoms with Gasteiger partial charge in [-0.2, -0.15) is 0 Å². The van der Waals surface area contributed by atoms with Gasteiger partial charge in [0.25, 0.3) is 0 Å². The van der Waals surface area contributed by atoms with E-state index in [1.165, 1.54) is 12.1 Å². The number of rotatable bonds is 6. The van der Waals surface area contributed by atoms with Crippen molar-refractivity contribution in [2.75, 3.05) is 0 Å². The molecule has 1 fully saturated rings. The average molecular weight is 423 g/mol. The molecule has 0 spiro atoms. The average Bonchev–Trinajstić information content (AvgIpc) is 3.51. The molecule has 0 saturated heterocycles. The van der Waals surface area contributed by atoms with Crippen LogP contribution in [0.5, 0.6) is 11.5 Å². The summed E-state index contributed by atoms with van der Waals surface area (Å²) in [5.74, 6) is -0.0787. The summed E-state index contributed by atoms with van der Waals surface area (Å²) in [5.41, 5.74) is 3.05. The van der Waals surface area contributed by atoms with Crippen molar-refractivity contribution in [3.8, 4) is 22.8 Å². The van der Waals surface area contributed by atoms with Crippen LogP contribution in [0.2, 0.25) is 0 Å². The van der Waals surface area contributed by atoms with Crippen LogP contribution in [0.25, 0.3) is 11.3 Å². The number of alkyl halides is 2. The Balaban J connectivity index is 1.36. The van der Waals surface area contributed by atoms with Crippen LogP contribution in [0.15, 0.2) is 60.7 Å². The number of hydrogen-bond donors (Lipinski definition) is 1. The van der Waals surface area contributed by atoms with Crippen LogP contribution in [-0.2, 0) is 23.2 Å². The lowest BCUT2D eigenvalue weighted by atomic mass is 9.88. The number of ketones is 1. The summed E-state index contributed by atoms with van der Waals surface area (Å²) in [5, 5.41) is 9.19. The van der Waals surface area contributed by atoms with Crippen molar-refractivity contribution in [3.63, 3.8) is 0 Å². The number of benzene rings is 2. The number of hydrogen-bond acceptors (Lipinski definition) is 5. The second kappa shape index (κ2) is 7.13. The number of nitrogens with zero attached hydrogens (tertiary/aromatic N) is 1. The van der Waals surface area contributed by atoms with Crippen LogP contribution >= 0.6 is 0 Å². The highest BCUT2D eigenvalue weighted by Gasteiger charge is 2.52. The molecular weight excluding hydrogens is 404 g/mol. The number of ether oxygens (including phenoxy) is 2. The molecule has 158 valence electrons. The molecule has 1 aliphatic carbocycles. The number of fused-ring (bicyclic) bond motifs is 1. The van der Waals surface area contributed by atoms with E-state index in [1.54, 1.807) is 12.1 Å². The molecule has 3 aromatic rings. The van der Waals surface area contributed by atoms with Gasteiger partial charge in [0.1, 0.15) is 5.78 Å². The minimum Gasteiger partial charge on any atom is -0.395 e. The molecule has 0 amide bonds. The Bertz CT molecular complexity index is 1160. The number of aliphatic hydroxyl groups excluding tert-OH is 1. The van der Waals surface area contributed by atoms with Gasteiger partial charge < -0.3 is 14.6 Å². The standard InChI is InChI=1S/C24H19F2NO4/c25-24(26)30-20-9-8-17(12-21(20)31-24)23(10-11-23)22(29)13-18-2-1-3-19(27-18)16-6-4-15(14-28)5-7-16/h1-9,12,28H,10-11,13-14H2. The third-order valence-electron chi connectivity index (χ3n) is 5.82. The maximum atomic E-state index is 13.3. The fourth-order valence-electron chi connectivity index (χ4n) is 3.95. The van der Waals surface area contributed by atoms with Crippen LogP contribution in [-0.4, -0.2) is 22.2 Å². The first-order chi connectivity index (χ1) is 14.9. The van der Waals surface area contributed by atoms with Gasteiger partial charge in [0.05, 0.1) is 17.7 Å². The van der Waals surface area contributed by atoms with Gasteiger partial charge in [0.15, 0.2) is 11.5 Å². The first-order valence-electron chi connectivity index (χ1n) is 9.98. The summed E-state index contributed by atoms with van der Waals surface area (Å²) in [4.78, 5) is 17.8. The SMILES string of the molecule is O=C(Cc1cccc(-c2ccc(CO)cc2)n1)C1(c2ccc3c(c2)OC(F)(F)O3)CC1. The smallest absolute Gasteiger partial charge is 0.395 e. The highest BCUT2D eigenvalue weighted by molar-refractivity contribution is 5.94. The van der Waals surface area contributed by atoms with E-state index in [9.17, 15) is 18.7 Å². The molecule has 7 heteroatoms. The number of pyridine rings is 1. The topological polar surface area (TPSA) is 68.7 Å².